The quantitative estimate of drug-likeness (QED) is 0.728. The van der Waals surface area contributed by atoms with Gasteiger partial charge in [0.1, 0.15) is 5.75 Å². The van der Waals surface area contributed by atoms with Gasteiger partial charge in [-0.25, -0.2) is 5.01 Å². The SMILES string of the molecule is COc1ccc(CC(=O)N(C)C)cc1C(=O)N(C)N=S(=O)=O. The van der Waals surface area contributed by atoms with E-state index in [1.165, 1.54) is 25.1 Å². The van der Waals surface area contributed by atoms with Crippen LogP contribution < -0.4 is 4.74 Å². The third kappa shape index (κ3) is 4.55. The van der Waals surface area contributed by atoms with Gasteiger partial charge in [-0.3, -0.25) is 9.59 Å². The summed E-state index contributed by atoms with van der Waals surface area (Å²) in [6.45, 7) is 0. The number of likely N-dealkylation sites (N-methyl/N-ethyl adjacent to an activating group) is 1. The predicted octanol–water partition coefficient (Wildman–Crippen LogP) is 0.376. The molecule has 1 aromatic rings. The van der Waals surface area contributed by atoms with E-state index in [4.69, 9.17) is 4.74 Å². The van der Waals surface area contributed by atoms with E-state index >= 15 is 0 Å². The van der Waals surface area contributed by atoms with Crippen molar-refractivity contribution in [3.8, 4) is 5.75 Å². The lowest BCUT2D eigenvalue weighted by Gasteiger charge is -2.14. The summed E-state index contributed by atoms with van der Waals surface area (Å²) in [6.07, 6.45) is 0.117. The molecule has 1 aromatic carbocycles. The van der Waals surface area contributed by atoms with Crippen LogP contribution in [0.25, 0.3) is 0 Å². The second-order valence-electron chi connectivity index (χ2n) is 4.63. The molecular weight excluding hydrogens is 310 g/mol. The first-order valence-corrected chi connectivity index (χ1v) is 7.25. The lowest BCUT2D eigenvalue weighted by Crippen LogP contribution is -2.24. The number of carbonyl (C=O) groups excluding carboxylic acids is 2. The Morgan fingerprint density at radius 3 is 2.36 bits per heavy atom. The Morgan fingerprint density at radius 2 is 1.86 bits per heavy atom. The standard InChI is InChI=1S/C13H17N3O5S/c1-15(2)12(17)8-9-5-6-11(21-4)10(7-9)13(18)16(3)14-22(19)20/h5-7H,8H2,1-4H3. The van der Waals surface area contributed by atoms with E-state index in [0.717, 1.165) is 0 Å². The molecule has 0 aliphatic rings. The maximum absolute atomic E-state index is 12.2. The van der Waals surface area contributed by atoms with E-state index in [2.05, 4.69) is 4.47 Å². The van der Waals surface area contributed by atoms with Crippen LogP contribution >= 0.6 is 0 Å². The molecule has 0 aliphatic heterocycles. The molecule has 22 heavy (non-hydrogen) atoms. The number of hydrogen-bond acceptors (Lipinski definition) is 6. The summed E-state index contributed by atoms with van der Waals surface area (Å²) in [6, 6.07) is 4.70. The molecule has 9 heteroatoms. The fourth-order valence-electron chi connectivity index (χ4n) is 1.68. The third-order valence-electron chi connectivity index (χ3n) is 2.83. The zero-order valence-electron chi connectivity index (χ0n) is 12.7. The maximum Gasteiger partial charge on any atom is 0.333 e. The van der Waals surface area contributed by atoms with Gasteiger partial charge in [-0.05, 0) is 22.2 Å². The molecule has 8 nitrogen and oxygen atoms in total. The molecule has 0 heterocycles. The molecule has 0 saturated carbocycles. The van der Waals surface area contributed by atoms with Crippen molar-refractivity contribution in [2.24, 2.45) is 4.47 Å². The van der Waals surface area contributed by atoms with Gasteiger partial charge >= 0.3 is 10.5 Å². The number of rotatable bonds is 5. The largest absolute Gasteiger partial charge is 0.496 e. The summed E-state index contributed by atoms with van der Waals surface area (Å²) in [7, 11) is 3.13. The van der Waals surface area contributed by atoms with E-state index in [-0.39, 0.29) is 23.6 Å². The van der Waals surface area contributed by atoms with Crippen LogP contribution in [-0.2, 0) is 21.7 Å². The van der Waals surface area contributed by atoms with Crippen molar-refractivity contribution in [1.29, 1.82) is 0 Å². The van der Waals surface area contributed by atoms with Gasteiger partial charge in [-0.1, -0.05) is 6.07 Å². The van der Waals surface area contributed by atoms with Gasteiger partial charge in [0.15, 0.2) is 0 Å². The summed E-state index contributed by atoms with van der Waals surface area (Å²) < 4.78 is 29.3. The van der Waals surface area contributed by atoms with Crippen LogP contribution in [0.1, 0.15) is 15.9 Å². The number of ether oxygens (including phenoxy) is 1. The highest BCUT2D eigenvalue weighted by molar-refractivity contribution is 7.61. The van der Waals surface area contributed by atoms with Gasteiger partial charge in [0.05, 0.1) is 19.1 Å². The zero-order valence-corrected chi connectivity index (χ0v) is 13.5. The summed E-state index contributed by atoms with van der Waals surface area (Å²) in [4.78, 5) is 25.4. The van der Waals surface area contributed by atoms with E-state index in [1.54, 1.807) is 26.2 Å². The maximum atomic E-state index is 12.2. The lowest BCUT2D eigenvalue weighted by molar-refractivity contribution is -0.127. The van der Waals surface area contributed by atoms with Crippen molar-refractivity contribution in [2.45, 2.75) is 6.42 Å². The lowest BCUT2D eigenvalue weighted by atomic mass is 10.1. The van der Waals surface area contributed by atoms with Crippen molar-refractivity contribution in [3.63, 3.8) is 0 Å². The van der Waals surface area contributed by atoms with E-state index < -0.39 is 16.4 Å². The Labute approximate surface area is 130 Å². The van der Waals surface area contributed by atoms with Crippen LogP contribution in [0.3, 0.4) is 0 Å². The summed E-state index contributed by atoms with van der Waals surface area (Å²) >= 11 is 0. The van der Waals surface area contributed by atoms with Gasteiger partial charge < -0.3 is 9.64 Å². The van der Waals surface area contributed by atoms with Crippen LogP contribution in [0.15, 0.2) is 22.7 Å². The minimum Gasteiger partial charge on any atom is -0.496 e. The van der Waals surface area contributed by atoms with E-state index in [9.17, 15) is 18.0 Å². The molecule has 0 aromatic heterocycles. The average molecular weight is 327 g/mol. The molecule has 0 N–H and O–H groups in total. The van der Waals surface area contributed by atoms with Gasteiger partial charge in [0.2, 0.25) is 5.91 Å². The fraction of sp³-hybridized carbons (Fsp3) is 0.385. The molecule has 0 spiro atoms. The number of amides is 2. The first-order valence-electron chi connectivity index (χ1n) is 6.22. The number of nitrogens with zero attached hydrogens (tertiary/aromatic N) is 3. The molecule has 0 fully saturated rings. The molecule has 0 saturated heterocycles. The molecule has 0 unspecified atom stereocenters. The van der Waals surface area contributed by atoms with Crippen LogP contribution in [0.2, 0.25) is 0 Å². The first-order chi connectivity index (χ1) is 10.3. The molecule has 0 bridgehead atoms. The van der Waals surface area contributed by atoms with Crippen molar-refractivity contribution in [1.82, 2.24) is 9.91 Å². The smallest absolute Gasteiger partial charge is 0.333 e. The Balaban J connectivity index is 3.19. The zero-order chi connectivity index (χ0) is 16.9. The highest BCUT2D eigenvalue weighted by Crippen LogP contribution is 2.22. The first kappa shape index (κ1) is 17.6. The molecule has 120 valence electrons. The minimum absolute atomic E-state index is 0.117. The molecule has 1 rings (SSSR count). The normalized spacial score (nSPS) is 9.82. The molecule has 2 amide bonds. The number of carbonyl (C=O) groups is 2. The van der Waals surface area contributed by atoms with Crippen molar-refractivity contribution in [3.05, 3.63) is 29.3 Å². The fourth-order valence-corrected chi connectivity index (χ4v) is 1.95. The summed E-state index contributed by atoms with van der Waals surface area (Å²) in [5.74, 6) is -0.507. The van der Waals surface area contributed by atoms with E-state index in [0.29, 0.717) is 10.6 Å². The highest BCUT2D eigenvalue weighted by atomic mass is 32.2. The van der Waals surface area contributed by atoms with E-state index in [1.807, 2.05) is 0 Å². The van der Waals surface area contributed by atoms with Gasteiger partial charge in [0.25, 0.3) is 5.91 Å². The predicted molar refractivity (Wildman–Crippen MR) is 78.8 cm³/mol. The molecule has 0 radical (unpaired) electrons. The third-order valence-corrected chi connectivity index (χ3v) is 3.21. The van der Waals surface area contributed by atoms with Crippen LogP contribution in [-0.4, -0.2) is 58.4 Å². The van der Waals surface area contributed by atoms with Crippen LogP contribution in [0, 0.1) is 0 Å². The average Bonchev–Trinajstić information content (AvgIpc) is 2.45. The second-order valence-corrected chi connectivity index (χ2v) is 5.22. The highest BCUT2D eigenvalue weighted by Gasteiger charge is 2.18. The summed E-state index contributed by atoms with van der Waals surface area (Å²) in [5.41, 5.74) is 0.739. The molecular formula is C13H17N3O5S. The van der Waals surface area contributed by atoms with Gasteiger partial charge in [-0.15, -0.1) is 0 Å². The number of benzene rings is 1. The van der Waals surface area contributed by atoms with Crippen LogP contribution in [0.4, 0.5) is 0 Å². The molecule has 0 atom stereocenters. The number of hydrogen-bond donors (Lipinski definition) is 0. The minimum atomic E-state index is -2.74. The van der Waals surface area contributed by atoms with Crippen molar-refractivity contribution < 1.29 is 22.7 Å². The van der Waals surface area contributed by atoms with Crippen LogP contribution in [0.5, 0.6) is 5.75 Å². The monoisotopic (exact) mass is 327 g/mol. The Hall–Kier alpha value is -2.42. The van der Waals surface area contributed by atoms with Crippen molar-refractivity contribution in [2.75, 3.05) is 28.3 Å². The molecule has 0 aliphatic carbocycles. The van der Waals surface area contributed by atoms with Gasteiger partial charge in [0, 0.05) is 21.1 Å². The summed E-state index contributed by atoms with van der Waals surface area (Å²) in [5, 5.41) is 0.693. The Morgan fingerprint density at radius 1 is 1.23 bits per heavy atom. The second kappa shape index (κ2) is 7.55. The van der Waals surface area contributed by atoms with Crippen molar-refractivity contribution >= 4 is 22.3 Å². The van der Waals surface area contributed by atoms with Gasteiger partial charge in [-0.2, -0.15) is 8.42 Å². The topological polar surface area (TPSA) is 96.3 Å². The number of methoxy groups -OCH3 is 1. The Bertz CT molecular complexity index is 704. The Kier molecular flexibility index (Phi) is 6.05.